The van der Waals surface area contributed by atoms with Crippen LogP contribution in [0.4, 0.5) is 0 Å². The van der Waals surface area contributed by atoms with Crippen molar-refractivity contribution in [3.63, 3.8) is 0 Å². The van der Waals surface area contributed by atoms with E-state index in [4.69, 9.17) is 23.2 Å². The first-order valence-corrected chi connectivity index (χ1v) is 11.9. The normalized spacial score (nSPS) is 20.7. The lowest BCUT2D eigenvalue weighted by Gasteiger charge is -2.33. The van der Waals surface area contributed by atoms with Gasteiger partial charge in [-0.25, -0.2) is 8.42 Å². The molecule has 1 aliphatic rings. The van der Waals surface area contributed by atoms with Crippen LogP contribution in [0.1, 0.15) is 37.2 Å². The fourth-order valence-corrected chi connectivity index (χ4v) is 5.89. The zero-order valence-electron chi connectivity index (χ0n) is 17.0. The van der Waals surface area contributed by atoms with E-state index >= 15 is 0 Å². The van der Waals surface area contributed by atoms with Crippen LogP contribution in [0, 0.1) is 11.8 Å². The molecule has 3 rings (SSSR count). The number of benzene rings is 1. The second-order valence-corrected chi connectivity index (χ2v) is 10.5. The van der Waals surface area contributed by atoms with Gasteiger partial charge >= 0.3 is 0 Å². The molecule has 2 aromatic rings. The SMILES string of the molecule is CCC[C@H]([C@H]1CN(C(=O)c2cn[nH]n2)C[C@H]1C)N(C)S(=O)(=O)c1ccc(Cl)c(Cl)c1. The monoisotopic (exact) mass is 473 g/mol. The number of aromatic amines is 1. The molecule has 0 bridgehead atoms. The Kier molecular flexibility index (Phi) is 7.06. The van der Waals surface area contributed by atoms with Crippen LogP contribution in [-0.2, 0) is 10.0 Å². The van der Waals surface area contributed by atoms with E-state index in [2.05, 4.69) is 15.4 Å². The highest BCUT2D eigenvalue weighted by atomic mass is 35.5. The summed E-state index contributed by atoms with van der Waals surface area (Å²) < 4.78 is 28.0. The molecule has 8 nitrogen and oxygen atoms in total. The summed E-state index contributed by atoms with van der Waals surface area (Å²) in [6.45, 7) is 5.06. The Morgan fingerprint density at radius 1 is 1.33 bits per heavy atom. The number of halogens is 2. The third kappa shape index (κ3) is 4.49. The van der Waals surface area contributed by atoms with Crippen molar-refractivity contribution in [3.8, 4) is 0 Å². The molecule has 1 amide bonds. The van der Waals surface area contributed by atoms with Crippen LogP contribution in [0.15, 0.2) is 29.3 Å². The maximum atomic E-state index is 13.3. The number of likely N-dealkylation sites (tertiary alicyclic amines) is 1. The first-order valence-electron chi connectivity index (χ1n) is 9.75. The van der Waals surface area contributed by atoms with Crippen LogP contribution in [0.25, 0.3) is 0 Å². The van der Waals surface area contributed by atoms with Gasteiger partial charge in [-0.1, -0.05) is 43.5 Å². The van der Waals surface area contributed by atoms with Gasteiger partial charge in [0.2, 0.25) is 10.0 Å². The van der Waals surface area contributed by atoms with Crippen molar-refractivity contribution in [1.82, 2.24) is 24.6 Å². The zero-order valence-corrected chi connectivity index (χ0v) is 19.4. The number of carbonyl (C=O) groups excluding carboxylic acids is 1. The number of H-pyrrole nitrogens is 1. The minimum Gasteiger partial charge on any atom is -0.337 e. The van der Waals surface area contributed by atoms with Gasteiger partial charge in [-0.2, -0.15) is 19.7 Å². The Morgan fingerprint density at radius 2 is 2.07 bits per heavy atom. The lowest BCUT2D eigenvalue weighted by Crippen LogP contribution is -2.44. The number of amides is 1. The van der Waals surface area contributed by atoms with Gasteiger partial charge in [0, 0.05) is 26.2 Å². The van der Waals surface area contributed by atoms with E-state index in [9.17, 15) is 13.2 Å². The summed E-state index contributed by atoms with van der Waals surface area (Å²) in [4.78, 5) is 14.5. The molecule has 3 atom stereocenters. The summed E-state index contributed by atoms with van der Waals surface area (Å²) in [5, 5.41) is 10.5. The Bertz CT molecular complexity index is 1000. The van der Waals surface area contributed by atoms with Gasteiger partial charge in [-0.3, -0.25) is 4.79 Å². The van der Waals surface area contributed by atoms with Crippen molar-refractivity contribution in [1.29, 1.82) is 0 Å². The number of hydrogen-bond acceptors (Lipinski definition) is 5. The zero-order chi connectivity index (χ0) is 22.1. The molecule has 1 aromatic carbocycles. The third-order valence-corrected chi connectivity index (χ3v) is 8.32. The summed E-state index contributed by atoms with van der Waals surface area (Å²) in [5.41, 5.74) is 0.256. The fraction of sp³-hybridized carbons (Fsp3) is 0.526. The van der Waals surface area contributed by atoms with Gasteiger partial charge < -0.3 is 4.90 Å². The van der Waals surface area contributed by atoms with Gasteiger partial charge in [0.05, 0.1) is 21.1 Å². The maximum Gasteiger partial charge on any atom is 0.276 e. The van der Waals surface area contributed by atoms with Crippen molar-refractivity contribution in [2.24, 2.45) is 11.8 Å². The van der Waals surface area contributed by atoms with Gasteiger partial charge in [0.25, 0.3) is 5.91 Å². The topological polar surface area (TPSA) is 99.3 Å². The lowest BCUT2D eigenvalue weighted by molar-refractivity contribution is 0.0774. The number of aromatic nitrogens is 3. The van der Waals surface area contributed by atoms with Crippen molar-refractivity contribution < 1.29 is 13.2 Å². The summed E-state index contributed by atoms with van der Waals surface area (Å²) in [7, 11) is -2.19. The molecule has 1 fully saturated rings. The molecule has 0 aliphatic carbocycles. The molecule has 1 N–H and O–H groups in total. The van der Waals surface area contributed by atoms with Gasteiger partial charge in [-0.05, 0) is 36.5 Å². The van der Waals surface area contributed by atoms with Gasteiger partial charge in [0.15, 0.2) is 5.69 Å². The Labute approximate surface area is 186 Å². The third-order valence-electron chi connectivity index (χ3n) is 5.71. The summed E-state index contributed by atoms with van der Waals surface area (Å²) in [5.74, 6) is -0.0875. The highest BCUT2D eigenvalue weighted by Gasteiger charge is 2.42. The summed E-state index contributed by atoms with van der Waals surface area (Å²) >= 11 is 12.0. The van der Waals surface area contributed by atoms with Crippen LogP contribution in [0.2, 0.25) is 10.0 Å². The molecule has 1 saturated heterocycles. The molecule has 1 aromatic heterocycles. The first kappa shape index (κ1) is 23.0. The largest absolute Gasteiger partial charge is 0.337 e. The number of rotatable bonds is 7. The van der Waals surface area contributed by atoms with Crippen LogP contribution < -0.4 is 0 Å². The van der Waals surface area contributed by atoms with E-state index in [0.717, 1.165) is 6.42 Å². The average molecular weight is 474 g/mol. The van der Waals surface area contributed by atoms with Crippen molar-refractivity contribution >= 4 is 39.1 Å². The van der Waals surface area contributed by atoms with Crippen LogP contribution >= 0.6 is 23.2 Å². The molecule has 30 heavy (non-hydrogen) atoms. The van der Waals surface area contributed by atoms with E-state index in [1.165, 1.54) is 28.7 Å². The summed E-state index contributed by atoms with van der Waals surface area (Å²) in [6, 6.07) is 4.05. The average Bonchev–Trinajstić information content (AvgIpc) is 3.37. The number of sulfonamides is 1. The van der Waals surface area contributed by atoms with E-state index in [1.807, 2.05) is 13.8 Å². The Hall–Kier alpha value is -1.68. The predicted molar refractivity (Wildman–Crippen MR) is 115 cm³/mol. The Morgan fingerprint density at radius 3 is 2.67 bits per heavy atom. The van der Waals surface area contributed by atoms with Crippen molar-refractivity contribution in [3.05, 3.63) is 40.1 Å². The molecular formula is C19H25Cl2N5O3S. The van der Waals surface area contributed by atoms with E-state index in [-0.39, 0.29) is 39.4 Å². The molecule has 0 unspecified atom stereocenters. The predicted octanol–water partition coefficient (Wildman–Crippen LogP) is 3.31. The Balaban J connectivity index is 1.85. The first-order chi connectivity index (χ1) is 14.2. The fourth-order valence-electron chi connectivity index (χ4n) is 4.07. The number of hydrogen-bond donors (Lipinski definition) is 1. The minimum atomic E-state index is -3.78. The summed E-state index contributed by atoms with van der Waals surface area (Å²) in [6.07, 6.45) is 2.88. The quantitative estimate of drug-likeness (QED) is 0.664. The van der Waals surface area contributed by atoms with Crippen LogP contribution in [0.5, 0.6) is 0 Å². The molecule has 0 spiro atoms. The van der Waals surface area contributed by atoms with Crippen molar-refractivity contribution in [2.45, 2.75) is 37.6 Å². The molecule has 0 saturated carbocycles. The highest BCUT2D eigenvalue weighted by Crippen LogP contribution is 2.34. The molecule has 11 heteroatoms. The smallest absolute Gasteiger partial charge is 0.276 e. The van der Waals surface area contributed by atoms with Crippen molar-refractivity contribution in [2.75, 3.05) is 20.1 Å². The minimum absolute atomic E-state index is 0.0108. The second-order valence-electron chi connectivity index (χ2n) is 7.66. The maximum absolute atomic E-state index is 13.3. The number of nitrogens with zero attached hydrogens (tertiary/aromatic N) is 4. The van der Waals surface area contributed by atoms with E-state index in [0.29, 0.717) is 24.5 Å². The van der Waals surface area contributed by atoms with E-state index < -0.39 is 10.0 Å². The van der Waals surface area contributed by atoms with Crippen LogP contribution in [-0.4, -0.2) is 65.1 Å². The molecular weight excluding hydrogens is 449 g/mol. The lowest BCUT2D eigenvalue weighted by atomic mass is 9.88. The molecule has 164 valence electrons. The number of carbonyl (C=O) groups is 1. The van der Waals surface area contributed by atoms with Crippen LogP contribution in [0.3, 0.4) is 0 Å². The second kappa shape index (κ2) is 9.21. The molecule has 1 aliphatic heterocycles. The van der Waals surface area contributed by atoms with Gasteiger partial charge in [-0.15, -0.1) is 0 Å². The van der Waals surface area contributed by atoms with E-state index in [1.54, 1.807) is 11.9 Å². The highest BCUT2D eigenvalue weighted by molar-refractivity contribution is 7.89. The van der Waals surface area contributed by atoms with Gasteiger partial charge in [0.1, 0.15) is 0 Å². The standard InChI is InChI=1S/C19H25Cl2N5O3S/c1-4-5-18(25(3)30(28,29)13-6-7-15(20)16(21)8-13)14-11-26(10-12(14)2)19(27)17-9-22-24-23-17/h6-9,12,14,18H,4-5,10-11H2,1-3H3,(H,22,23,24)/t12-,14+,18-/m1/s1. The number of nitrogens with one attached hydrogen (secondary N) is 1. The molecule has 0 radical (unpaired) electrons. The molecule has 2 heterocycles.